The Balaban J connectivity index is 1.26. The summed E-state index contributed by atoms with van der Waals surface area (Å²) in [6, 6.07) is 0. The quantitative estimate of drug-likeness (QED) is 0.0501. The first-order valence-corrected chi connectivity index (χ1v) is 25.0. The summed E-state index contributed by atoms with van der Waals surface area (Å²) in [7, 11) is 0. The summed E-state index contributed by atoms with van der Waals surface area (Å²) in [6.45, 7) is 17.0. The van der Waals surface area contributed by atoms with Crippen LogP contribution >= 0.6 is 0 Å². The topological polar surface area (TPSA) is 118 Å². The molecule has 0 saturated heterocycles. The van der Waals surface area contributed by atoms with Crippen LogP contribution in [0.3, 0.4) is 0 Å². The zero-order valence-electron chi connectivity index (χ0n) is 37.7. The van der Waals surface area contributed by atoms with Gasteiger partial charge in [0.1, 0.15) is 0 Å². The molecule has 4 rings (SSSR count). The molecule has 0 amide bonds. The average molecular weight is 789 g/mol. The lowest BCUT2D eigenvalue weighted by atomic mass is 9.43. The van der Waals surface area contributed by atoms with E-state index in [0.717, 1.165) is 52.0 Å². The Morgan fingerprint density at radius 2 is 1.18 bits per heavy atom. The van der Waals surface area contributed by atoms with Crippen LogP contribution in [0.4, 0.5) is 0 Å². The highest BCUT2D eigenvalue weighted by Crippen LogP contribution is 2.69. The van der Waals surface area contributed by atoms with Gasteiger partial charge in [-0.05, 0) is 157 Å². The van der Waals surface area contributed by atoms with Gasteiger partial charge in [-0.25, -0.2) is 0 Å². The highest BCUT2D eigenvalue weighted by Gasteiger charge is 2.66. The van der Waals surface area contributed by atoms with Crippen LogP contribution in [0.5, 0.6) is 0 Å². The Kier molecular flexibility index (Phi) is 23.2. The second-order valence-corrected chi connectivity index (χ2v) is 19.9. The molecule has 330 valence electrons. The molecule has 4 aliphatic rings. The molecule has 0 aromatic heterocycles. The Morgan fingerprint density at radius 1 is 0.607 bits per heavy atom. The third-order valence-electron chi connectivity index (χ3n) is 16.2. The molecular weight excluding hydrogens is 693 g/mol. The third-order valence-corrected chi connectivity index (χ3v) is 16.2. The monoisotopic (exact) mass is 789 g/mol. The van der Waals surface area contributed by atoms with Crippen LogP contribution in [0.1, 0.15) is 195 Å². The van der Waals surface area contributed by atoms with Crippen LogP contribution in [0.2, 0.25) is 0 Å². The van der Waals surface area contributed by atoms with Gasteiger partial charge in [-0.15, -0.1) is 0 Å². The predicted octanol–water partition coefficient (Wildman–Crippen LogP) is 10.6. The average Bonchev–Trinajstić information content (AvgIpc) is 3.56. The SMILES string of the molecule is CCCCCCCCCCCCCCCCNCCC[C@@H](C)[C@H]1CC[C@H]2C3C(OCCCN)CC4C[C@H](OCCCN)CC[C@]4(C)[C@H]3C[C@H](OCCCN)[C@]12C. The fourth-order valence-corrected chi connectivity index (χ4v) is 12.9. The van der Waals surface area contributed by atoms with E-state index in [-0.39, 0.29) is 5.41 Å². The molecule has 0 bridgehead atoms. The van der Waals surface area contributed by atoms with Crippen LogP contribution in [0.15, 0.2) is 0 Å². The van der Waals surface area contributed by atoms with Crippen LogP contribution < -0.4 is 22.5 Å². The van der Waals surface area contributed by atoms with E-state index < -0.39 is 0 Å². The second-order valence-electron chi connectivity index (χ2n) is 19.9. The molecule has 56 heavy (non-hydrogen) atoms. The minimum atomic E-state index is 0.179. The van der Waals surface area contributed by atoms with Crippen molar-refractivity contribution in [1.29, 1.82) is 0 Å². The molecule has 0 heterocycles. The van der Waals surface area contributed by atoms with Gasteiger partial charge in [-0.1, -0.05) is 111 Å². The Bertz CT molecular complexity index is 1000. The largest absolute Gasteiger partial charge is 0.378 e. The van der Waals surface area contributed by atoms with E-state index >= 15 is 0 Å². The number of nitrogens with one attached hydrogen (secondary N) is 1. The summed E-state index contributed by atoms with van der Waals surface area (Å²) in [5.41, 5.74) is 18.3. The molecule has 4 fully saturated rings. The maximum absolute atomic E-state index is 7.07. The standard InChI is InChI=1S/C49H96N4O3/c1-5-6-7-8-9-10-11-12-13-14-15-16-17-18-31-53-32-19-23-39(2)42-24-25-43-47-44(38-46(49(42,43)4)56-35-22-30-52)48(3)27-26-41(54-33-20-28-50)36-40(48)37-45(47)55-34-21-29-51/h39-47,53H,5-38,50-52H2,1-4H3/t39-,40?,41-,42-,43+,44+,45?,46+,47?,48+,49-/m1/s1. The van der Waals surface area contributed by atoms with Crippen molar-refractivity contribution in [3.63, 3.8) is 0 Å². The molecule has 4 aliphatic carbocycles. The van der Waals surface area contributed by atoms with Gasteiger partial charge in [-0.3, -0.25) is 0 Å². The van der Waals surface area contributed by atoms with E-state index in [2.05, 4.69) is 33.0 Å². The van der Waals surface area contributed by atoms with E-state index in [9.17, 15) is 0 Å². The molecule has 7 nitrogen and oxygen atoms in total. The summed E-state index contributed by atoms with van der Waals surface area (Å²) in [4.78, 5) is 0. The first-order valence-electron chi connectivity index (χ1n) is 25.0. The van der Waals surface area contributed by atoms with Crippen LogP contribution in [-0.4, -0.2) is 70.9 Å². The highest BCUT2D eigenvalue weighted by molar-refractivity contribution is 5.15. The van der Waals surface area contributed by atoms with Gasteiger partial charge in [-0.2, -0.15) is 0 Å². The van der Waals surface area contributed by atoms with Gasteiger partial charge < -0.3 is 36.7 Å². The van der Waals surface area contributed by atoms with Crippen LogP contribution in [0, 0.1) is 46.3 Å². The minimum Gasteiger partial charge on any atom is -0.378 e. The van der Waals surface area contributed by atoms with Crippen LogP contribution in [0.25, 0.3) is 0 Å². The molecule has 0 spiro atoms. The smallest absolute Gasteiger partial charge is 0.0637 e. The maximum atomic E-state index is 7.07. The zero-order chi connectivity index (χ0) is 40.1. The highest BCUT2D eigenvalue weighted by atomic mass is 16.5. The summed E-state index contributed by atoms with van der Waals surface area (Å²) in [5, 5.41) is 3.82. The van der Waals surface area contributed by atoms with E-state index in [1.807, 2.05) is 0 Å². The fraction of sp³-hybridized carbons (Fsp3) is 1.00. The Morgan fingerprint density at radius 3 is 1.80 bits per heavy atom. The van der Waals surface area contributed by atoms with Crippen molar-refractivity contribution in [2.24, 2.45) is 63.5 Å². The number of ether oxygens (including phenoxy) is 3. The van der Waals surface area contributed by atoms with Crippen molar-refractivity contribution in [3.8, 4) is 0 Å². The second kappa shape index (κ2) is 26.8. The van der Waals surface area contributed by atoms with E-state index in [4.69, 9.17) is 31.4 Å². The maximum Gasteiger partial charge on any atom is 0.0637 e. The molecule has 0 aromatic rings. The third kappa shape index (κ3) is 13.9. The number of hydrogen-bond acceptors (Lipinski definition) is 7. The number of nitrogens with two attached hydrogens (primary N) is 3. The number of unbranched alkanes of at least 4 members (excludes halogenated alkanes) is 13. The molecule has 7 heteroatoms. The lowest BCUT2D eigenvalue weighted by molar-refractivity contribution is -0.227. The van der Waals surface area contributed by atoms with Crippen molar-refractivity contribution in [1.82, 2.24) is 5.32 Å². The summed E-state index contributed by atoms with van der Waals surface area (Å²) >= 11 is 0. The Hall–Kier alpha value is -0.280. The van der Waals surface area contributed by atoms with Crippen molar-refractivity contribution >= 4 is 0 Å². The molecule has 7 N–H and O–H groups in total. The van der Waals surface area contributed by atoms with E-state index in [1.165, 1.54) is 148 Å². The predicted molar refractivity (Wildman–Crippen MR) is 238 cm³/mol. The van der Waals surface area contributed by atoms with Crippen molar-refractivity contribution in [3.05, 3.63) is 0 Å². The normalized spacial score (nSPS) is 33.3. The fourth-order valence-electron chi connectivity index (χ4n) is 12.9. The molecule has 3 unspecified atom stereocenters. The molecule has 0 radical (unpaired) electrons. The molecular formula is C49H96N4O3. The van der Waals surface area contributed by atoms with Gasteiger partial charge in [0, 0.05) is 25.2 Å². The van der Waals surface area contributed by atoms with E-state index in [1.54, 1.807) is 0 Å². The molecule has 0 aromatic carbocycles. The molecule has 0 aliphatic heterocycles. The van der Waals surface area contributed by atoms with Gasteiger partial charge in [0.25, 0.3) is 0 Å². The van der Waals surface area contributed by atoms with Crippen LogP contribution in [-0.2, 0) is 14.2 Å². The van der Waals surface area contributed by atoms with Gasteiger partial charge in [0.05, 0.1) is 18.3 Å². The summed E-state index contributed by atoms with van der Waals surface area (Å²) in [5.74, 6) is 3.91. The van der Waals surface area contributed by atoms with Crippen molar-refractivity contribution < 1.29 is 14.2 Å². The minimum absolute atomic E-state index is 0.179. The summed E-state index contributed by atoms with van der Waals surface area (Å²) in [6.07, 6.45) is 35.0. The number of rotatable bonds is 32. The Labute approximate surface area is 347 Å². The zero-order valence-corrected chi connectivity index (χ0v) is 37.7. The van der Waals surface area contributed by atoms with Gasteiger partial charge in [0.2, 0.25) is 0 Å². The van der Waals surface area contributed by atoms with E-state index in [0.29, 0.717) is 78.9 Å². The lowest BCUT2D eigenvalue weighted by Gasteiger charge is -2.65. The van der Waals surface area contributed by atoms with Crippen molar-refractivity contribution in [2.75, 3.05) is 52.5 Å². The van der Waals surface area contributed by atoms with Gasteiger partial charge in [0.15, 0.2) is 0 Å². The molecule has 11 atom stereocenters. The first-order chi connectivity index (χ1) is 27.3. The first kappa shape index (κ1) is 48.4. The van der Waals surface area contributed by atoms with Crippen molar-refractivity contribution in [2.45, 2.75) is 213 Å². The molecule has 4 saturated carbocycles. The lowest BCUT2D eigenvalue weighted by Crippen LogP contribution is -2.63. The van der Waals surface area contributed by atoms with Gasteiger partial charge >= 0.3 is 0 Å². The number of hydrogen-bond donors (Lipinski definition) is 4. The summed E-state index contributed by atoms with van der Waals surface area (Å²) < 4.78 is 20.5. The number of fused-ring (bicyclic) bond motifs is 5.